The van der Waals surface area contributed by atoms with Gasteiger partial charge in [-0.1, -0.05) is 29.8 Å². The molecule has 0 aliphatic heterocycles. The van der Waals surface area contributed by atoms with E-state index in [2.05, 4.69) is 5.32 Å². The molecule has 0 fully saturated rings. The zero-order valence-electron chi connectivity index (χ0n) is 11.4. The number of rotatable bonds is 4. The third-order valence-electron chi connectivity index (χ3n) is 2.99. The number of carbonyl (C=O) groups excluding carboxylic acids is 1. The number of amides is 1. The van der Waals surface area contributed by atoms with Crippen molar-refractivity contribution < 1.29 is 9.00 Å². The largest absolute Gasteiger partial charge is 0.398 e. The van der Waals surface area contributed by atoms with Crippen LogP contribution < -0.4 is 11.1 Å². The van der Waals surface area contributed by atoms with Gasteiger partial charge in [0, 0.05) is 11.4 Å². The van der Waals surface area contributed by atoms with Crippen molar-refractivity contribution in [3.63, 3.8) is 0 Å². The van der Waals surface area contributed by atoms with E-state index >= 15 is 0 Å². The van der Waals surface area contributed by atoms with Crippen LogP contribution in [0.5, 0.6) is 0 Å². The number of hydrogen-bond donors (Lipinski definition) is 2. The molecule has 1 atom stereocenters. The molecule has 4 nitrogen and oxygen atoms in total. The number of nitrogens with one attached hydrogen (secondary N) is 1. The van der Waals surface area contributed by atoms with Gasteiger partial charge in [-0.15, -0.1) is 0 Å². The van der Waals surface area contributed by atoms with Crippen molar-refractivity contribution in [3.8, 4) is 0 Å². The smallest absolute Gasteiger partial charge is 0.237 e. The van der Waals surface area contributed by atoms with Crippen molar-refractivity contribution in [1.82, 2.24) is 0 Å². The summed E-state index contributed by atoms with van der Waals surface area (Å²) in [7, 11) is -1.49. The summed E-state index contributed by atoms with van der Waals surface area (Å²) in [6.07, 6.45) is 0. The van der Waals surface area contributed by atoms with E-state index in [9.17, 15) is 9.00 Å². The van der Waals surface area contributed by atoms with Crippen molar-refractivity contribution >= 4 is 39.7 Å². The molecule has 0 radical (unpaired) electrons. The van der Waals surface area contributed by atoms with Crippen LogP contribution in [0.3, 0.4) is 0 Å². The van der Waals surface area contributed by atoms with E-state index in [1.807, 2.05) is 6.92 Å². The van der Waals surface area contributed by atoms with Gasteiger partial charge < -0.3 is 11.1 Å². The van der Waals surface area contributed by atoms with E-state index in [1.165, 1.54) is 0 Å². The van der Waals surface area contributed by atoms with E-state index in [4.69, 9.17) is 17.3 Å². The number of carbonyl (C=O) groups is 1. The van der Waals surface area contributed by atoms with Gasteiger partial charge in [0.25, 0.3) is 0 Å². The van der Waals surface area contributed by atoms with E-state index in [0.29, 0.717) is 21.3 Å². The molecule has 0 aromatic heterocycles. The van der Waals surface area contributed by atoms with Gasteiger partial charge in [0.1, 0.15) is 5.75 Å². The van der Waals surface area contributed by atoms with Gasteiger partial charge in [0.15, 0.2) is 0 Å². The minimum absolute atomic E-state index is 0.155. The molecule has 1 amide bonds. The predicted molar refractivity (Wildman–Crippen MR) is 86.9 cm³/mol. The monoisotopic (exact) mass is 322 g/mol. The number of nitrogen functional groups attached to an aromatic ring is 1. The Hall–Kier alpha value is -1.85. The first-order chi connectivity index (χ1) is 9.99. The predicted octanol–water partition coefficient (Wildman–Crippen LogP) is 2.98. The molecule has 0 spiro atoms. The molecule has 0 aliphatic rings. The molecular weight excluding hydrogens is 308 g/mol. The number of hydrogen-bond acceptors (Lipinski definition) is 3. The second-order valence-electron chi connectivity index (χ2n) is 4.49. The van der Waals surface area contributed by atoms with E-state index in [0.717, 1.165) is 5.56 Å². The van der Waals surface area contributed by atoms with Gasteiger partial charge in [-0.25, -0.2) is 0 Å². The summed E-state index contributed by atoms with van der Waals surface area (Å²) in [5.74, 6) is -0.500. The molecular formula is C15H15ClN2O2S. The van der Waals surface area contributed by atoms with Gasteiger partial charge in [-0.2, -0.15) is 0 Å². The van der Waals surface area contributed by atoms with E-state index in [1.54, 1.807) is 42.5 Å². The lowest BCUT2D eigenvalue weighted by molar-refractivity contribution is -0.113. The van der Waals surface area contributed by atoms with Crippen molar-refractivity contribution in [2.45, 2.75) is 11.8 Å². The van der Waals surface area contributed by atoms with E-state index in [-0.39, 0.29) is 11.7 Å². The summed E-state index contributed by atoms with van der Waals surface area (Å²) in [5.41, 5.74) is 7.78. The zero-order chi connectivity index (χ0) is 15.4. The van der Waals surface area contributed by atoms with E-state index < -0.39 is 10.8 Å². The molecule has 0 aliphatic carbocycles. The minimum atomic E-state index is -1.49. The van der Waals surface area contributed by atoms with Crippen LogP contribution in [0, 0.1) is 6.92 Å². The lowest BCUT2D eigenvalue weighted by Gasteiger charge is -2.10. The molecule has 2 aromatic carbocycles. The Bertz CT molecular complexity index is 704. The molecule has 0 saturated heterocycles. The molecule has 21 heavy (non-hydrogen) atoms. The second kappa shape index (κ2) is 6.74. The van der Waals surface area contributed by atoms with Crippen LogP contribution in [0.15, 0.2) is 47.4 Å². The normalized spacial score (nSPS) is 11.9. The Labute approximate surface area is 130 Å². The Kier molecular flexibility index (Phi) is 4.98. The molecule has 1 unspecified atom stereocenters. The Morgan fingerprint density at radius 1 is 1.24 bits per heavy atom. The Balaban J connectivity index is 2.07. The van der Waals surface area contributed by atoms with Gasteiger partial charge in [0.05, 0.1) is 20.7 Å². The maximum Gasteiger partial charge on any atom is 0.237 e. The first-order valence-corrected chi connectivity index (χ1v) is 7.96. The van der Waals surface area contributed by atoms with Crippen molar-refractivity contribution in [2.24, 2.45) is 0 Å². The van der Waals surface area contributed by atoms with Crippen molar-refractivity contribution in [1.29, 1.82) is 0 Å². The van der Waals surface area contributed by atoms with Gasteiger partial charge >= 0.3 is 0 Å². The number of benzene rings is 2. The lowest BCUT2D eigenvalue weighted by atomic mass is 10.1. The Morgan fingerprint density at radius 2 is 1.95 bits per heavy atom. The first-order valence-electron chi connectivity index (χ1n) is 6.27. The Morgan fingerprint density at radius 3 is 2.67 bits per heavy atom. The highest BCUT2D eigenvalue weighted by Crippen LogP contribution is 2.21. The third-order valence-corrected chi connectivity index (χ3v) is 4.81. The third kappa shape index (κ3) is 3.83. The summed E-state index contributed by atoms with van der Waals surface area (Å²) < 4.78 is 12.2. The molecule has 3 N–H and O–H groups in total. The van der Waals surface area contributed by atoms with Crippen LogP contribution in [-0.2, 0) is 15.6 Å². The molecule has 2 rings (SSSR count). The number of nitrogens with two attached hydrogens (primary N) is 1. The average Bonchev–Trinajstić information content (AvgIpc) is 2.44. The topological polar surface area (TPSA) is 72.2 Å². The first kappa shape index (κ1) is 15.5. The molecule has 6 heteroatoms. The molecule has 0 heterocycles. The highest BCUT2D eigenvalue weighted by atomic mass is 35.5. The van der Waals surface area contributed by atoms with Crippen LogP contribution in [0.25, 0.3) is 0 Å². The van der Waals surface area contributed by atoms with Crippen LogP contribution in [0.4, 0.5) is 11.4 Å². The van der Waals surface area contributed by atoms with Crippen molar-refractivity contribution in [2.75, 3.05) is 16.8 Å². The van der Waals surface area contributed by atoms with Gasteiger partial charge in [-0.05, 0) is 36.8 Å². The van der Waals surface area contributed by atoms with Gasteiger partial charge in [0.2, 0.25) is 5.91 Å². The molecule has 0 saturated carbocycles. The summed E-state index contributed by atoms with van der Waals surface area (Å²) in [6, 6.07) is 12.0. The van der Waals surface area contributed by atoms with Crippen molar-refractivity contribution in [3.05, 3.63) is 53.1 Å². The SMILES string of the molecule is Cc1c(N)cccc1NC(=O)CS(=O)c1ccccc1Cl. The fourth-order valence-electron chi connectivity index (χ4n) is 1.80. The maximum absolute atomic E-state index is 12.2. The van der Waals surface area contributed by atoms with Crippen LogP contribution in [-0.4, -0.2) is 15.9 Å². The summed E-state index contributed by atoms with van der Waals surface area (Å²) >= 11 is 5.97. The standard InChI is InChI=1S/C15H15ClN2O2S/c1-10-12(17)6-4-7-13(10)18-15(19)9-21(20)14-8-3-2-5-11(14)16/h2-8H,9,17H2,1H3,(H,18,19). The molecule has 0 bridgehead atoms. The highest BCUT2D eigenvalue weighted by Gasteiger charge is 2.14. The zero-order valence-corrected chi connectivity index (χ0v) is 13.0. The minimum Gasteiger partial charge on any atom is -0.398 e. The summed E-state index contributed by atoms with van der Waals surface area (Å²) in [6.45, 7) is 1.82. The second-order valence-corrected chi connectivity index (χ2v) is 6.32. The fraction of sp³-hybridized carbons (Fsp3) is 0.133. The lowest BCUT2D eigenvalue weighted by Crippen LogP contribution is -2.20. The molecule has 2 aromatic rings. The average molecular weight is 323 g/mol. The number of anilines is 2. The maximum atomic E-state index is 12.2. The van der Waals surface area contributed by atoms with Crippen LogP contribution >= 0.6 is 11.6 Å². The van der Waals surface area contributed by atoms with Gasteiger partial charge in [-0.3, -0.25) is 9.00 Å². The summed E-state index contributed by atoms with van der Waals surface area (Å²) in [4.78, 5) is 12.4. The number of halogens is 1. The van der Waals surface area contributed by atoms with Crippen LogP contribution in [0.1, 0.15) is 5.56 Å². The summed E-state index contributed by atoms with van der Waals surface area (Å²) in [5, 5.41) is 3.11. The quantitative estimate of drug-likeness (QED) is 0.850. The molecule has 110 valence electrons. The fourth-order valence-corrected chi connectivity index (χ4v) is 3.18. The highest BCUT2D eigenvalue weighted by molar-refractivity contribution is 7.86. The van der Waals surface area contributed by atoms with Crippen LogP contribution in [0.2, 0.25) is 5.02 Å².